The molecule has 1 unspecified atom stereocenters. The molecule has 9 nitrogen and oxygen atoms in total. The average molecular weight is 625 g/mol. The van der Waals surface area contributed by atoms with E-state index in [2.05, 4.69) is 37.1 Å². The lowest BCUT2D eigenvalue weighted by Crippen LogP contribution is -2.83. The molecule has 1 aromatic carbocycles. The summed E-state index contributed by atoms with van der Waals surface area (Å²) in [6.07, 6.45) is 6.59. The maximum Gasteiger partial charge on any atom is 0.413 e. The number of nitrogens with zero attached hydrogens (tertiary/aromatic N) is 1. The summed E-state index contributed by atoms with van der Waals surface area (Å²) in [5.74, 6) is 0.206. The minimum atomic E-state index is -1.08. The third-order valence-electron chi connectivity index (χ3n) is 13.8. The number of ether oxygens (including phenoxy) is 3. The van der Waals surface area contributed by atoms with Crippen LogP contribution in [0.1, 0.15) is 97.6 Å². The molecule has 0 aromatic heterocycles. The van der Waals surface area contributed by atoms with Gasteiger partial charge in [-0.05, 0) is 87.3 Å². The van der Waals surface area contributed by atoms with E-state index in [4.69, 9.17) is 14.2 Å². The number of carbonyl (C=O) groups is 2. The molecule has 2 spiro atoms. The number of amides is 1. The first kappa shape index (κ1) is 31.3. The van der Waals surface area contributed by atoms with Gasteiger partial charge in [0.15, 0.2) is 11.5 Å². The van der Waals surface area contributed by atoms with Crippen molar-refractivity contribution in [2.45, 2.75) is 128 Å². The summed E-state index contributed by atoms with van der Waals surface area (Å²) in [6.45, 7) is 14.2. The molecule has 4 bridgehead atoms. The number of aliphatic hydroxyl groups is 1. The zero-order chi connectivity index (χ0) is 32.3. The van der Waals surface area contributed by atoms with Crippen molar-refractivity contribution in [3.05, 3.63) is 23.3 Å². The molecule has 9 atom stereocenters. The SMILES string of the molecule is CCC(C)[C@H](NC(=O)Oc1ccc2c3c1O[C@H]1[C@@]4(OC)CC[C@@]5(C[C@@H]4[C@](C)(O)C(C)(C)C)[C@@H](C2)N(CC2CC2)CC[C@]315)C(=O)O. The third-order valence-corrected chi connectivity index (χ3v) is 13.8. The number of hydrogen-bond donors (Lipinski definition) is 3. The second kappa shape index (κ2) is 10.1. The average Bonchev–Trinajstić information content (AvgIpc) is 3.73. The predicted molar refractivity (Wildman–Crippen MR) is 169 cm³/mol. The molecule has 45 heavy (non-hydrogen) atoms. The van der Waals surface area contributed by atoms with Crippen LogP contribution in [-0.4, -0.2) is 76.8 Å². The summed E-state index contributed by atoms with van der Waals surface area (Å²) in [5.41, 5.74) is -0.164. The van der Waals surface area contributed by atoms with Gasteiger partial charge >= 0.3 is 12.1 Å². The molecule has 2 aliphatic heterocycles. The molecule has 0 radical (unpaired) electrons. The maximum atomic E-state index is 13.2. The minimum absolute atomic E-state index is 0.116. The Morgan fingerprint density at radius 3 is 2.53 bits per heavy atom. The van der Waals surface area contributed by atoms with E-state index in [0.717, 1.165) is 56.7 Å². The van der Waals surface area contributed by atoms with Crippen LogP contribution in [-0.2, 0) is 21.4 Å². The van der Waals surface area contributed by atoms with Gasteiger partial charge in [-0.3, -0.25) is 4.90 Å². The number of hydrogen-bond acceptors (Lipinski definition) is 7. The van der Waals surface area contributed by atoms with Gasteiger partial charge in [-0.2, -0.15) is 0 Å². The monoisotopic (exact) mass is 624 g/mol. The minimum Gasteiger partial charge on any atom is -0.482 e. The van der Waals surface area contributed by atoms with Gasteiger partial charge in [0, 0.05) is 42.0 Å². The van der Waals surface area contributed by atoms with Gasteiger partial charge in [0.1, 0.15) is 17.7 Å². The lowest BCUT2D eigenvalue weighted by molar-refractivity contribution is -0.312. The first-order chi connectivity index (χ1) is 21.2. The highest BCUT2D eigenvalue weighted by atomic mass is 16.6. The molecule has 248 valence electrons. The molecule has 2 heterocycles. The predicted octanol–water partition coefficient (Wildman–Crippen LogP) is 5.30. The lowest BCUT2D eigenvalue weighted by Gasteiger charge is -2.75. The Labute approximate surface area is 267 Å². The van der Waals surface area contributed by atoms with Crippen molar-refractivity contribution in [3.63, 3.8) is 0 Å². The molecule has 9 heteroatoms. The standard InChI is InChI=1S/C36H52N2O7/c1-8-20(2)27(29(39)40)37-31(41)44-23-12-11-22-17-25-34-13-14-36(43-7,24(18-34)33(6,42)32(3,4)5)30-35(34,26(22)28(23)45-30)15-16-38(25)19-21-9-10-21/h11-12,20-21,24-25,27,30,42H,8-10,13-19H2,1-7H3,(H,37,41)(H,39,40)/t20?,24-,25-,27+,30-,33+,34-,35+,36-/m1/s1. The summed E-state index contributed by atoms with van der Waals surface area (Å²) in [4.78, 5) is 27.9. The number of methoxy groups -OCH3 is 1. The van der Waals surface area contributed by atoms with Gasteiger partial charge in [0.05, 0.1) is 5.60 Å². The van der Waals surface area contributed by atoms with Gasteiger partial charge in [0.25, 0.3) is 0 Å². The number of benzene rings is 1. The van der Waals surface area contributed by atoms with Crippen LogP contribution in [0, 0.1) is 28.6 Å². The van der Waals surface area contributed by atoms with Crippen LogP contribution in [0.25, 0.3) is 0 Å². The summed E-state index contributed by atoms with van der Waals surface area (Å²) in [7, 11) is 1.78. The van der Waals surface area contributed by atoms with Crippen LogP contribution in [0.5, 0.6) is 11.5 Å². The Kier molecular flexibility index (Phi) is 6.99. The summed E-state index contributed by atoms with van der Waals surface area (Å²) in [5, 5.41) is 24.8. The molecular formula is C36H52N2O7. The lowest BCUT2D eigenvalue weighted by atomic mass is 9.33. The fourth-order valence-corrected chi connectivity index (χ4v) is 10.6. The van der Waals surface area contributed by atoms with Crippen molar-refractivity contribution in [3.8, 4) is 11.5 Å². The number of piperidine rings is 1. The second-order valence-corrected chi connectivity index (χ2v) is 16.5. The summed E-state index contributed by atoms with van der Waals surface area (Å²) >= 11 is 0. The number of aliphatic carboxylic acids is 1. The van der Waals surface area contributed by atoms with Crippen LogP contribution in [0.2, 0.25) is 0 Å². The van der Waals surface area contributed by atoms with Crippen molar-refractivity contribution >= 4 is 12.1 Å². The van der Waals surface area contributed by atoms with Crippen LogP contribution in [0.4, 0.5) is 4.79 Å². The van der Waals surface area contributed by atoms with Crippen molar-refractivity contribution < 1.29 is 34.0 Å². The summed E-state index contributed by atoms with van der Waals surface area (Å²) in [6, 6.07) is 3.21. The number of rotatable bonds is 9. The van der Waals surface area contributed by atoms with Crippen LogP contribution < -0.4 is 14.8 Å². The van der Waals surface area contributed by atoms with Gasteiger partial charge in [-0.1, -0.05) is 47.1 Å². The Hall–Kier alpha value is -2.36. The highest BCUT2D eigenvalue weighted by Crippen LogP contribution is 2.78. The van der Waals surface area contributed by atoms with Gasteiger partial charge < -0.3 is 29.7 Å². The van der Waals surface area contributed by atoms with Crippen LogP contribution in [0.15, 0.2) is 12.1 Å². The number of likely N-dealkylation sites (tertiary alicyclic amines) is 1. The number of fused-ring (bicyclic) bond motifs is 2. The Morgan fingerprint density at radius 2 is 1.91 bits per heavy atom. The first-order valence-corrected chi connectivity index (χ1v) is 17.2. The molecule has 7 aliphatic rings. The smallest absolute Gasteiger partial charge is 0.413 e. The van der Waals surface area contributed by atoms with E-state index < -0.39 is 29.3 Å². The molecular weight excluding hydrogens is 572 g/mol. The van der Waals surface area contributed by atoms with E-state index in [0.29, 0.717) is 24.0 Å². The zero-order valence-electron chi connectivity index (χ0n) is 28.1. The van der Waals surface area contributed by atoms with Crippen LogP contribution >= 0.6 is 0 Å². The second-order valence-electron chi connectivity index (χ2n) is 16.5. The number of nitrogens with one attached hydrogen (secondary N) is 1. The van der Waals surface area contributed by atoms with Crippen LogP contribution in [0.3, 0.4) is 0 Å². The highest BCUT2D eigenvalue weighted by molar-refractivity contribution is 5.81. The Morgan fingerprint density at radius 1 is 1.18 bits per heavy atom. The number of carboxylic acid groups (broad SMARTS) is 1. The molecule has 4 saturated carbocycles. The third kappa shape index (κ3) is 4.08. The van der Waals surface area contributed by atoms with Crippen molar-refractivity contribution in [2.24, 2.45) is 28.6 Å². The fraction of sp³-hybridized carbons (Fsp3) is 0.778. The normalized spacial score (nSPS) is 37.2. The van der Waals surface area contributed by atoms with E-state index in [1.165, 1.54) is 18.4 Å². The Balaban J connectivity index is 1.35. The quantitative estimate of drug-likeness (QED) is 0.339. The van der Waals surface area contributed by atoms with E-state index >= 15 is 0 Å². The maximum absolute atomic E-state index is 13.2. The van der Waals surface area contributed by atoms with Crippen molar-refractivity contribution in [2.75, 3.05) is 20.2 Å². The van der Waals surface area contributed by atoms with E-state index in [-0.39, 0.29) is 34.2 Å². The number of carbonyl (C=O) groups excluding carboxylic acids is 1. The molecule has 5 aliphatic carbocycles. The molecule has 8 rings (SSSR count). The zero-order valence-corrected chi connectivity index (χ0v) is 28.1. The Bertz CT molecular complexity index is 1400. The van der Waals surface area contributed by atoms with Crippen molar-refractivity contribution in [1.82, 2.24) is 10.2 Å². The van der Waals surface area contributed by atoms with Gasteiger partial charge in [-0.15, -0.1) is 0 Å². The molecule has 3 N–H and O–H groups in total. The largest absolute Gasteiger partial charge is 0.482 e. The van der Waals surface area contributed by atoms with Crippen molar-refractivity contribution in [1.29, 1.82) is 0 Å². The molecule has 1 amide bonds. The van der Waals surface area contributed by atoms with E-state index in [9.17, 15) is 19.8 Å². The van der Waals surface area contributed by atoms with Gasteiger partial charge in [0.2, 0.25) is 0 Å². The van der Waals surface area contributed by atoms with E-state index in [1.54, 1.807) is 14.0 Å². The number of carboxylic acids is 1. The molecule has 1 aromatic rings. The molecule has 1 saturated heterocycles. The topological polar surface area (TPSA) is 118 Å². The van der Waals surface area contributed by atoms with E-state index in [1.807, 2.05) is 19.9 Å². The van der Waals surface area contributed by atoms with Gasteiger partial charge in [-0.25, -0.2) is 9.59 Å². The summed E-state index contributed by atoms with van der Waals surface area (Å²) < 4.78 is 19.7. The first-order valence-electron chi connectivity index (χ1n) is 17.2. The molecule has 5 fully saturated rings. The highest BCUT2D eigenvalue weighted by Gasteiger charge is 2.82. The fourth-order valence-electron chi connectivity index (χ4n) is 10.6.